The van der Waals surface area contributed by atoms with E-state index >= 15 is 0 Å². The summed E-state index contributed by atoms with van der Waals surface area (Å²) in [6.07, 6.45) is 3.48. The summed E-state index contributed by atoms with van der Waals surface area (Å²) >= 11 is 1.36. The van der Waals surface area contributed by atoms with Crippen LogP contribution >= 0.6 is 12.0 Å². The molecule has 3 atom stereocenters. The van der Waals surface area contributed by atoms with E-state index in [9.17, 15) is 4.79 Å². The van der Waals surface area contributed by atoms with Gasteiger partial charge in [0.25, 0.3) is 5.91 Å². The number of carbonyl (C=O) groups is 1. The fourth-order valence-corrected chi connectivity index (χ4v) is 5.52. The molecule has 20 heavy (non-hydrogen) atoms. The summed E-state index contributed by atoms with van der Waals surface area (Å²) in [4.78, 5) is 18.1. The van der Waals surface area contributed by atoms with Gasteiger partial charge in [0.1, 0.15) is 0 Å². The maximum Gasteiger partial charge on any atom is 0.254 e. The molecule has 3 rings (SSSR count). The molecule has 5 heteroatoms. The number of hydrogen-bond acceptors (Lipinski definition) is 4. The minimum Gasteiger partial charge on any atom is -0.272 e. The summed E-state index contributed by atoms with van der Waals surface area (Å²) in [5.41, 5.74) is -0.0799. The SMILES string of the molecule is CC(C)(C)C(=O)N1OOSCC23CCC(CC12)C3(C)C. The van der Waals surface area contributed by atoms with Crippen LogP contribution in [-0.2, 0) is 14.1 Å². The highest BCUT2D eigenvalue weighted by Crippen LogP contribution is 2.68. The van der Waals surface area contributed by atoms with Crippen LogP contribution in [0.3, 0.4) is 0 Å². The first-order chi connectivity index (χ1) is 9.20. The Kier molecular flexibility index (Phi) is 3.20. The number of fused-ring (bicyclic) bond motifs is 1. The molecule has 0 aromatic carbocycles. The molecule has 1 amide bonds. The zero-order valence-electron chi connectivity index (χ0n) is 13.1. The van der Waals surface area contributed by atoms with Crippen molar-refractivity contribution in [3.63, 3.8) is 0 Å². The van der Waals surface area contributed by atoms with Crippen molar-refractivity contribution in [2.24, 2.45) is 22.2 Å². The predicted octanol–water partition coefficient (Wildman–Crippen LogP) is 3.58. The molecule has 4 nitrogen and oxygen atoms in total. The molecule has 0 aromatic heterocycles. The van der Waals surface area contributed by atoms with E-state index in [-0.39, 0.29) is 22.8 Å². The number of carbonyl (C=O) groups excluding carboxylic acids is 1. The highest BCUT2D eigenvalue weighted by atomic mass is 32.2. The summed E-state index contributed by atoms with van der Waals surface area (Å²) < 4.78 is 5.22. The molecule has 2 aliphatic carbocycles. The first kappa shape index (κ1) is 14.7. The molecule has 2 saturated carbocycles. The minimum absolute atomic E-state index is 0.0210. The van der Waals surface area contributed by atoms with E-state index in [1.165, 1.54) is 24.9 Å². The van der Waals surface area contributed by atoms with Gasteiger partial charge in [-0.2, -0.15) is 5.06 Å². The van der Waals surface area contributed by atoms with Crippen LogP contribution in [0.5, 0.6) is 0 Å². The van der Waals surface area contributed by atoms with E-state index in [1.54, 1.807) is 5.06 Å². The van der Waals surface area contributed by atoms with Crippen molar-refractivity contribution < 1.29 is 14.1 Å². The van der Waals surface area contributed by atoms with Gasteiger partial charge in [0.05, 0.1) is 6.04 Å². The smallest absolute Gasteiger partial charge is 0.254 e. The molecule has 3 unspecified atom stereocenters. The summed E-state index contributed by atoms with van der Waals surface area (Å²) in [5.74, 6) is 1.62. The molecule has 0 N–H and O–H groups in total. The highest BCUT2D eigenvalue weighted by molar-refractivity contribution is 7.94. The molecular formula is C15H25NO3S. The zero-order valence-corrected chi connectivity index (χ0v) is 13.9. The number of nitrogens with zero attached hydrogens (tertiary/aromatic N) is 1. The zero-order chi connectivity index (χ0) is 14.8. The quantitative estimate of drug-likeness (QED) is 0.506. The molecule has 0 aromatic rings. The first-order valence-electron chi connectivity index (χ1n) is 7.50. The Bertz CT molecular complexity index is 431. The van der Waals surface area contributed by atoms with E-state index in [2.05, 4.69) is 13.8 Å². The van der Waals surface area contributed by atoms with Crippen LogP contribution in [0.15, 0.2) is 0 Å². The third-order valence-electron chi connectivity index (χ3n) is 5.99. The Hall–Kier alpha value is -0.260. The van der Waals surface area contributed by atoms with Gasteiger partial charge in [-0.15, -0.1) is 4.33 Å². The maximum absolute atomic E-state index is 12.7. The lowest BCUT2D eigenvalue weighted by Gasteiger charge is -2.43. The van der Waals surface area contributed by atoms with Gasteiger partial charge in [0, 0.05) is 28.6 Å². The van der Waals surface area contributed by atoms with Crippen molar-refractivity contribution in [3.05, 3.63) is 0 Å². The van der Waals surface area contributed by atoms with Crippen LogP contribution in [0.1, 0.15) is 53.9 Å². The Morgan fingerprint density at radius 2 is 2.05 bits per heavy atom. The fraction of sp³-hybridized carbons (Fsp3) is 0.933. The summed E-state index contributed by atoms with van der Waals surface area (Å²) in [7, 11) is 0. The van der Waals surface area contributed by atoms with Gasteiger partial charge in [0.2, 0.25) is 0 Å². The van der Waals surface area contributed by atoms with Crippen molar-refractivity contribution >= 4 is 17.9 Å². The molecular weight excluding hydrogens is 274 g/mol. The van der Waals surface area contributed by atoms with Gasteiger partial charge in [-0.25, -0.2) is 0 Å². The van der Waals surface area contributed by atoms with E-state index in [4.69, 9.17) is 9.32 Å². The van der Waals surface area contributed by atoms with Crippen LogP contribution in [0.25, 0.3) is 0 Å². The van der Waals surface area contributed by atoms with E-state index in [0.29, 0.717) is 5.92 Å². The van der Waals surface area contributed by atoms with Crippen LogP contribution in [0, 0.1) is 22.2 Å². The van der Waals surface area contributed by atoms with E-state index in [1.807, 2.05) is 20.8 Å². The molecule has 1 heterocycles. The average Bonchev–Trinajstić information content (AvgIpc) is 2.65. The Morgan fingerprint density at radius 1 is 1.35 bits per heavy atom. The topological polar surface area (TPSA) is 38.8 Å². The highest BCUT2D eigenvalue weighted by Gasteiger charge is 2.67. The molecule has 2 bridgehead atoms. The monoisotopic (exact) mass is 299 g/mol. The van der Waals surface area contributed by atoms with E-state index in [0.717, 1.165) is 12.2 Å². The molecule has 1 spiro atoms. The third kappa shape index (κ3) is 1.79. The lowest BCUT2D eigenvalue weighted by molar-refractivity contribution is -0.361. The van der Waals surface area contributed by atoms with Crippen LogP contribution in [0.4, 0.5) is 0 Å². The van der Waals surface area contributed by atoms with Crippen molar-refractivity contribution in [1.29, 1.82) is 0 Å². The standard InChI is InChI=1S/C15H25NO3S/c1-13(2,3)12(17)16-11-8-10-6-7-15(11,14(10,4)5)9-20-19-18-16/h10-11H,6-9H2,1-5H3. The Morgan fingerprint density at radius 3 is 2.65 bits per heavy atom. The van der Waals surface area contributed by atoms with Gasteiger partial charge < -0.3 is 0 Å². The molecule has 3 aliphatic rings. The maximum atomic E-state index is 12.7. The largest absolute Gasteiger partial charge is 0.272 e. The van der Waals surface area contributed by atoms with Gasteiger partial charge in [-0.05, 0) is 30.6 Å². The fourth-order valence-electron chi connectivity index (χ4n) is 4.44. The summed E-state index contributed by atoms with van der Waals surface area (Å²) in [6.45, 7) is 10.5. The van der Waals surface area contributed by atoms with Gasteiger partial charge in [-0.1, -0.05) is 39.6 Å². The second kappa shape index (κ2) is 4.37. The average molecular weight is 299 g/mol. The second-order valence-electron chi connectivity index (χ2n) is 8.15. The Labute approximate surface area is 125 Å². The number of hydrogen-bond donors (Lipinski definition) is 0. The van der Waals surface area contributed by atoms with Gasteiger partial charge in [0.15, 0.2) is 0 Å². The molecule has 114 valence electrons. The predicted molar refractivity (Wildman–Crippen MR) is 78.3 cm³/mol. The lowest BCUT2D eigenvalue weighted by Crippen LogP contribution is -2.53. The van der Waals surface area contributed by atoms with Crippen LogP contribution in [-0.4, -0.2) is 22.8 Å². The second-order valence-corrected chi connectivity index (χ2v) is 8.81. The summed E-state index contributed by atoms with van der Waals surface area (Å²) in [5, 5.41) is 1.56. The van der Waals surface area contributed by atoms with Gasteiger partial charge in [-0.3, -0.25) is 4.79 Å². The molecule has 0 radical (unpaired) electrons. The van der Waals surface area contributed by atoms with Crippen LogP contribution < -0.4 is 0 Å². The molecule has 1 saturated heterocycles. The minimum atomic E-state index is -0.453. The van der Waals surface area contributed by atoms with Crippen molar-refractivity contribution in [2.75, 3.05) is 5.75 Å². The van der Waals surface area contributed by atoms with Crippen LogP contribution in [0.2, 0.25) is 0 Å². The molecule has 3 fully saturated rings. The first-order valence-corrected chi connectivity index (χ1v) is 8.41. The molecule has 1 aliphatic heterocycles. The number of hydroxylamine groups is 2. The summed E-state index contributed by atoms with van der Waals surface area (Å²) in [6, 6.07) is 0.151. The number of rotatable bonds is 0. The van der Waals surface area contributed by atoms with Gasteiger partial charge >= 0.3 is 0 Å². The van der Waals surface area contributed by atoms with Crippen molar-refractivity contribution in [3.8, 4) is 0 Å². The lowest BCUT2D eigenvalue weighted by atomic mass is 9.68. The third-order valence-corrected chi connectivity index (χ3v) is 6.78. The van der Waals surface area contributed by atoms with Crippen molar-refractivity contribution in [1.82, 2.24) is 5.06 Å². The number of amides is 1. The normalized spacial score (nSPS) is 39.5. The Balaban J connectivity index is 1.98. The van der Waals surface area contributed by atoms with Crippen molar-refractivity contribution in [2.45, 2.75) is 59.9 Å². The van der Waals surface area contributed by atoms with E-state index < -0.39 is 5.41 Å².